The zero-order valence-electron chi connectivity index (χ0n) is 26.5. The smallest absolute Gasteiger partial charge is 0.320 e. The Morgan fingerprint density at radius 3 is 2.27 bits per heavy atom. The Labute approximate surface area is 241 Å². The van der Waals surface area contributed by atoms with Crippen LogP contribution in [0, 0.1) is 50.2 Å². The number of carbonyl (C=O) groups is 3. The minimum absolute atomic E-state index is 0.0549. The van der Waals surface area contributed by atoms with Gasteiger partial charge in [-0.3, -0.25) is 14.4 Å². The fourth-order valence-electron chi connectivity index (χ4n) is 11.1. The number of rotatable bonds is 4. The van der Waals surface area contributed by atoms with Gasteiger partial charge in [-0.05, 0) is 111 Å². The van der Waals surface area contributed by atoms with E-state index < -0.39 is 5.41 Å². The average Bonchev–Trinajstić information content (AvgIpc) is 2.87. The number of ketones is 1. The highest BCUT2D eigenvalue weighted by Crippen LogP contribution is 2.75. The van der Waals surface area contributed by atoms with E-state index in [0.29, 0.717) is 5.92 Å². The van der Waals surface area contributed by atoms with Crippen LogP contribution in [0.4, 0.5) is 0 Å². The number of allylic oxidation sites excluding steroid dienone is 2. The molecule has 0 spiro atoms. The van der Waals surface area contributed by atoms with Gasteiger partial charge in [-0.15, -0.1) is 0 Å². The normalized spacial score (nSPS) is 47.5. The van der Waals surface area contributed by atoms with Crippen molar-refractivity contribution in [2.24, 2.45) is 50.2 Å². The van der Waals surface area contributed by atoms with Crippen LogP contribution in [0.25, 0.3) is 0 Å². The summed E-state index contributed by atoms with van der Waals surface area (Å²) in [5.74, 6) is 0.438. The first-order valence-corrected chi connectivity index (χ1v) is 15.7. The third-order valence-electron chi connectivity index (χ3n) is 13.8. The molecule has 0 aromatic rings. The van der Waals surface area contributed by atoms with Crippen LogP contribution in [0.15, 0.2) is 11.6 Å². The molecular weight excluding hydrogens is 502 g/mol. The van der Waals surface area contributed by atoms with Crippen LogP contribution in [-0.2, 0) is 23.9 Å². The maximum Gasteiger partial charge on any atom is 0.320 e. The van der Waals surface area contributed by atoms with Crippen molar-refractivity contribution < 1.29 is 23.9 Å². The second-order valence-corrected chi connectivity index (χ2v) is 16.1. The molecule has 0 aromatic heterocycles. The van der Waals surface area contributed by atoms with Gasteiger partial charge in [-0.2, -0.15) is 0 Å². The van der Waals surface area contributed by atoms with Crippen molar-refractivity contribution in [2.75, 3.05) is 20.7 Å². The lowest BCUT2D eigenvalue weighted by Crippen LogP contribution is -2.66. The Morgan fingerprint density at radius 1 is 0.950 bits per heavy atom. The van der Waals surface area contributed by atoms with Crippen LogP contribution in [-0.4, -0.2) is 44.5 Å². The van der Waals surface area contributed by atoms with Crippen LogP contribution >= 0.6 is 0 Å². The number of carbonyl (C=O) groups excluding carboxylic acids is 3. The predicted molar refractivity (Wildman–Crippen MR) is 155 cm³/mol. The second-order valence-electron chi connectivity index (χ2n) is 16.1. The van der Waals surface area contributed by atoms with Gasteiger partial charge in [-0.25, -0.2) is 0 Å². The molecule has 5 aliphatic carbocycles. The fraction of sp³-hybridized carbons (Fsp3) is 0.853. The summed E-state index contributed by atoms with van der Waals surface area (Å²) in [6, 6.07) is 0. The van der Waals surface area contributed by atoms with Gasteiger partial charge in [0.15, 0.2) is 5.78 Å². The van der Waals surface area contributed by atoms with E-state index in [1.165, 1.54) is 12.7 Å². The molecular formula is C34H53NO5. The Bertz CT molecular complexity index is 1130. The van der Waals surface area contributed by atoms with Crippen LogP contribution in [0.2, 0.25) is 0 Å². The third kappa shape index (κ3) is 3.93. The van der Waals surface area contributed by atoms with Crippen molar-refractivity contribution >= 4 is 17.7 Å². The van der Waals surface area contributed by atoms with Crippen LogP contribution in [0.1, 0.15) is 106 Å². The average molecular weight is 556 g/mol. The molecule has 0 amide bonds. The number of likely N-dealkylation sites (N-methyl/N-ethyl adjacent to an activating group) is 1. The molecule has 0 unspecified atom stereocenters. The highest BCUT2D eigenvalue weighted by molar-refractivity contribution is 5.95. The number of esters is 2. The molecule has 5 rings (SSSR count). The lowest BCUT2D eigenvalue weighted by molar-refractivity contribution is -0.210. The van der Waals surface area contributed by atoms with Gasteiger partial charge in [-0.1, -0.05) is 47.1 Å². The molecule has 0 bridgehead atoms. The number of fused-ring (bicyclic) bond motifs is 7. The first kappa shape index (κ1) is 29.8. The number of nitrogens with one attached hydrogen (secondary N) is 1. The summed E-state index contributed by atoms with van der Waals surface area (Å²) < 4.78 is 11.3. The number of hydrogen-bond donors (Lipinski definition) is 1. The summed E-state index contributed by atoms with van der Waals surface area (Å²) in [7, 11) is 3.26. The number of ether oxygens (including phenoxy) is 2. The maximum absolute atomic E-state index is 14.5. The number of hydrogen-bond acceptors (Lipinski definition) is 6. The monoisotopic (exact) mass is 555 g/mol. The van der Waals surface area contributed by atoms with Gasteiger partial charge in [0.25, 0.3) is 0 Å². The third-order valence-corrected chi connectivity index (χ3v) is 13.8. The molecule has 5 aliphatic rings. The van der Waals surface area contributed by atoms with E-state index in [-0.39, 0.29) is 69.3 Å². The van der Waals surface area contributed by atoms with Gasteiger partial charge in [0.1, 0.15) is 6.10 Å². The van der Waals surface area contributed by atoms with Gasteiger partial charge >= 0.3 is 11.9 Å². The molecule has 0 aromatic carbocycles. The zero-order chi connectivity index (χ0) is 29.5. The quantitative estimate of drug-likeness (QED) is 0.412. The largest absolute Gasteiger partial charge is 0.469 e. The maximum atomic E-state index is 14.5. The van der Waals surface area contributed by atoms with E-state index in [9.17, 15) is 14.4 Å². The van der Waals surface area contributed by atoms with Crippen LogP contribution in [0.5, 0.6) is 0 Å². The molecule has 9 atom stereocenters. The second kappa shape index (κ2) is 9.41. The van der Waals surface area contributed by atoms with E-state index in [1.807, 2.05) is 0 Å². The summed E-state index contributed by atoms with van der Waals surface area (Å²) in [6.07, 6.45) is 10.5. The topological polar surface area (TPSA) is 81.7 Å². The van der Waals surface area contributed by atoms with Crippen molar-refractivity contribution in [1.29, 1.82) is 0 Å². The van der Waals surface area contributed by atoms with E-state index in [4.69, 9.17) is 9.47 Å². The van der Waals surface area contributed by atoms with Gasteiger partial charge in [0, 0.05) is 11.3 Å². The molecule has 0 heterocycles. The molecule has 4 fully saturated rings. The van der Waals surface area contributed by atoms with Crippen molar-refractivity contribution in [3.8, 4) is 0 Å². The highest BCUT2D eigenvalue weighted by atomic mass is 16.5. The Balaban J connectivity index is 1.53. The summed E-state index contributed by atoms with van der Waals surface area (Å²) in [5.41, 5.74) is 0.328. The molecule has 6 heteroatoms. The van der Waals surface area contributed by atoms with Crippen molar-refractivity contribution in [3.63, 3.8) is 0 Å². The Kier molecular flexibility index (Phi) is 7.01. The number of methoxy groups -OCH3 is 1. The highest BCUT2D eigenvalue weighted by Gasteiger charge is 2.70. The first-order chi connectivity index (χ1) is 18.5. The molecule has 0 aliphatic heterocycles. The first-order valence-electron chi connectivity index (χ1n) is 15.7. The van der Waals surface area contributed by atoms with E-state index in [2.05, 4.69) is 59.9 Å². The van der Waals surface area contributed by atoms with E-state index >= 15 is 0 Å². The zero-order valence-corrected chi connectivity index (χ0v) is 26.5. The van der Waals surface area contributed by atoms with Crippen molar-refractivity contribution in [3.05, 3.63) is 11.6 Å². The molecule has 0 saturated heterocycles. The van der Waals surface area contributed by atoms with E-state index in [1.54, 1.807) is 7.05 Å². The Hall–Kier alpha value is -1.69. The summed E-state index contributed by atoms with van der Waals surface area (Å²) in [5, 5.41) is 2.91. The van der Waals surface area contributed by atoms with Gasteiger partial charge in [0.05, 0.1) is 19.1 Å². The summed E-state index contributed by atoms with van der Waals surface area (Å²) in [4.78, 5) is 39.9. The van der Waals surface area contributed by atoms with Gasteiger partial charge < -0.3 is 14.8 Å². The van der Waals surface area contributed by atoms with E-state index in [0.717, 1.165) is 57.8 Å². The minimum Gasteiger partial charge on any atom is -0.469 e. The van der Waals surface area contributed by atoms with Gasteiger partial charge in [0.2, 0.25) is 0 Å². The predicted octanol–water partition coefficient (Wildman–Crippen LogP) is 6.27. The molecule has 40 heavy (non-hydrogen) atoms. The Morgan fingerprint density at radius 2 is 1.62 bits per heavy atom. The summed E-state index contributed by atoms with van der Waals surface area (Å²) >= 11 is 0. The molecule has 224 valence electrons. The fourth-order valence-corrected chi connectivity index (χ4v) is 11.1. The molecule has 4 saturated carbocycles. The lowest BCUT2D eigenvalue weighted by Gasteiger charge is -2.70. The van der Waals surface area contributed by atoms with Crippen molar-refractivity contribution in [1.82, 2.24) is 5.32 Å². The standard InChI is InChI=1S/C34H53NO5/c1-29(2)24-10-13-34(7)27(32(24,5)12-11-25(29)40-26(37)20-35-8)23(36)18-21-22-19-31(4,28(38)39-9)15-14-30(22,3)16-17-33(21,34)6/h18,22,24-25,27,35H,10-17,19-20H2,1-9H3/t22-,24-,25-,27+,30+,31-,32-,33+,34+/m0/s1. The SMILES string of the molecule is CNCC(=O)O[C@H]1CC[C@]2(C)[C@H]3C(=O)C=C4[C@@H]5C[C@@](C)(C(=O)OC)CC[C@]5(C)CC[C@@]4(C)[C@]3(C)CC[C@H]2C1(C)C. The summed E-state index contributed by atoms with van der Waals surface area (Å²) in [6.45, 7) is 16.4. The van der Waals surface area contributed by atoms with Crippen LogP contribution < -0.4 is 5.32 Å². The van der Waals surface area contributed by atoms with Crippen molar-refractivity contribution in [2.45, 2.75) is 112 Å². The molecule has 6 nitrogen and oxygen atoms in total. The molecule has 1 N–H and O–H groups in total. The molecule has 0 radical (unpaired) electrons. The minimum atomic E-state index is -0.504. The lowest BCUT2D eigenvalue weighted by atomic mass is 9.33. The van der Waals surface area contributed by atoms with Crippen LogP contribution in [0.3, 0.4) is 0 Å².